The van der Waals surface area contributed by atoms with Gasteiger partial charge in [-0.25, -0.2) is 4.98 Å². The average Bonchev–Trinajstić information content (AvgIpc) is 2.73. The van der Waals surface area contributed by atoms with E-state index in [0.717, 1.165) is 22.6 Å². The minimum atomic E-state index is -0.161. The molecule has 17 heavy (non-hydrogen) atoms. The largest absolute Gasteiger partial charge is 0.442 e. The molecule has 0 spiro atoms. The van der Waals surface area contributed by atoms with Crippen LogP contribution < -0.4 is 0 Å². The van der Waals surface area contributed by atoms with E-state index in [1.165, 1.54) is 0 Å². The molecule has 0 saturated carbocycles. The van der Waals surface area contributed by atoms with Gasteiger partial charge in [0.15, 0.2) is 0 Å². The van der Waals surface area contributed by atoms with Gasteiger partial charge >= 0.3 is 0 Å². The molecule has 0 atom stereocenters. The highest BCUT2D eigenvalue weighted by Gasteiger charge is 2.18. The molecule has 2 rings (SSSR count). The number of aliphatic hydroxyl groups excluding tert-OH is 1. The van der Waals surface area contributed by atoms with E-state index < -0.39 is 0 Å². The van der Waals surface area contributed by atoms with Crippen LogP contribution in [0.2, 0.25) is 0 Å². The maximum atomic E-state index is 9.12. The second-order valence-electron chi connectivity index (χ2n) is 4.45. The van der Waals surface area contributed by atoms with Gasteiger partial charge in [-0.05, 0) is 12.5 Å². The van der Waals surface area contributed by atoms with Gasteiger partial charge in [0.1, 0.15) is 18.1 Å². The zero-order valence-corrected chi connectivity index (χ0v) is 10.4. The second kappa shape index (κ2) is 4.72. The molecule has 1 aromatic carbocycles. The Morgan fingerprint density at radius 2 is 2.00 bits per heavy atom. The van der Waals surface area contributed by atoms with Gasteiger partial charge in [0.05, 0.1) is 0 Å². The molecule has 0 bridgehead atoms. The molecule has 0 amide bonds. The van der Waals surface area contributed by atoms with Gasteiger partial charge in [0.2, 0.25) is 5.89 Å². The number of aromatic nitrogens is 1. The quantitative estimate of drug-likeness (QED) is 0.881. The fourth-order valence-corrected chi connectivity index (χ4v) is 1.87. The summed E-state index contributed by atoms with van der Waals surface area (Å²) in [5.41, 5.74) is 3.08. The molecule has 0 aliphatic rings. The van der Waals surface area contributed by atoms with Crippen molar-refractivity contribution < 1.29 is 9.52 Å². The molecule has 0 unspecified atom stereocenters. The number of aryl methyl sites for hydroxylation is 1. The van der Waals surface area contributed by atoms with Gasteiger partial charge in [-0.2, -0.15) is 0 Å². The molecule has 3 nitrogen and oxygen atoms in total. The maximum absolute atomic E-state index is 9.12. The van der Waals surface area contributed by atoms with Crippen LogP contribution in [0.25, 0.3) is 11.3 Å². The number of nitrogens with zero attached hydrogens (tertiary/aromatic N) is 1. The molecule has 1 heterocycles. The number of benzene rings is 1. The lowest BCUT2D eigenvalue weighted by Crippen LogP contribution is -1.91. The summed E-state index contributed by atoms with van der Waals surface area (Å²) in [5, 5.41) is 9.12. The van der Waals surface area contributed by atoms with Gasteiger partial charge in [-0.1, -0.05) is 38.1 Å². The summed E-state index contributed by atoms with van der Waals surface area (Å²) in [5.74, 6) is 1.47. The van der Waals surface area contributed by atoms with Gasteiger partial charge in [-0.15, -0.1) is 0 Å². The Bertz CT molecular complexity index is 515. The number of hydrogen-bond donors (Lipinski definition) is 1. The predicted molar refractivity (Wildman–Crippen MR) is 66.7 cm³/mol. The molecular formula is C14H17NO2. The van der Waals surface area contributed by atoms with Crippen LogP contribution in [-0.4, -0.2) is 10.1 Å². The fraction of sp³-hybridized carbons (Fsp3) is 0.357. The van der Waals surface area contributed by atoms with Crippen LogP contribution in [0.15, 0.2) is 28.7 Å². The third kappa shape index (κ3) is 2.24. The van der Waals surface area contributed by atoms with Gasteiger partial charge in [0, 0.05) is 11.5 Å². The molecular weight excluding hydrogens is 214 g/mol. The summed E-state index contributed by atoms with van der Waals surface area (Å²) in [6, 6.07) is 8.06. The first-order chi connectivity index (χ1) is 8.13. The van der Waals surface area contributed by atoms with E-state index in [-0.39, 0.29) is 12.5 Å². The van der Waals surface area contributed by atoms with E-state index in [9.17, 15) is 0 Å². The van der Waals surface area contributed by atoms with E-state index >= 15 is 0 Å². The average molecular weight is 231 g/mol. The van der Waals surface area contributed by atoms with Crippen molar-refractivity contribution in [3.63, 3.8) is 0 Å². The first kappa shape index (κ1) is 11.9. The third-order valence-electron chi connectivity index (χ3n) is 2.76. The summed E-state index contributed by atoms with van der Waals surface area (Å²) in [6.45, 7) is 6.01. The van der Waals surface area contributed by atoms with E-state index in [2.05, 4.69) is 18.8 Å². The highest BCUT2D eigenvalue weighted by atomic mass is 16.4. The molecule has 1 aromatic heterocycles. The van der Waals surface area contributed by atoms with E-state index in [0.29, 0.717) is 5.89 Å². The third-order valence-corrected chi connectivity index (χ3v) is 2.76. The number of rotatable bonds is 3. The first-order valence-electron chi connectivity index (χ1n) is 5.80. The van der Waals surface area contributed by atoms with Crippen molar-refractivity contribution >= 4 is 0 Å². The van der Waals surface area contributed by atoms with Crippen LogP contribution >= 0.6 is 0 Å². The second-order valence-corrected chi connectivity index (χ2v) is 4.45. The van der Waals surface area contributed by atoms with Gasteiger partial charge in [0.25, 0.3) is 0 Å². The van der Waals surface area contributed by atoms with Crippen LogP contribution in [0.4, 0.5) is 0 Å². The predicted octanol–water partition coefficient (Wildman–Crippen LogP) is 3.27. The molecule has 2 aromatic rings. The summed E-state index contributed by atoms with van der Waals surface area (Å²) in [7, 11) is 0. The monoisotopic (exact) mass is 231 g/mol. The van der Waals surface area contributed by atoms with Crippen molar-refractivity contribution in [3.05, 3.63) is 41.5 Å². The normalized spacial score (nSPS) is 11.1. The van der Waals surface area contributed by atoms with E-state index in [1.54, 1.807) is 0 Å². The standard InChI is InChI=1S/C14H17NO2/c1-9(2)14-13(15-12(8-16)17-14)11-7-5-4-6-10(11)3/h4-7,9,16H,8H2,1-3H3. The summed E-state index contributed by atoms with van der Waals surface area (Å²) < 4.78 is 5.57. The van der Waals surface area contributed by atoms with E-state index in [4.69, 9.17) is 9.52 Å². The molecule has 0 saturated heterocycles. The minimum Gasteiger partial charge on any atom is -0.442 e. The van der Waals surface area contributed by atoms with Gasteiger partial charge in [-0.3, -0.25) is 0 Å². The summed E-state index contributed by atoms with van der Waals surface area (Å²) in [4.78, 5) is 4.36. The zero-order valence-electron chi connectivity index (χ0n) is 10.4. The zero-order chi connectivity index (χ0) is 12.4. The summed E-state index contributed by atoms with van der Waals surface area (Å²) in [6.07, 6.45) is 0. The number of oxazole rings is 1. The number of hydrogen-bond acceptors (Lipinski definition) is 3. The Kier molecular flexibility index (Phi) is 3.29. The van der Waals surface area contributed by atoms with Crippen molar-refractivity contribution in [2.24, 2.45) is 0 Å². The van der Waals surface area contributed by atoms with Gasteiger partial charge < -0.3 is 9.52 Å². The molecule has 0 aliphatic heterocycles. The summed E-state index contributed by atoms with van der Waals surface area (Å²) >= 11 is 0. The van der Waals surface area contributed by atoms with E-state index in [1.807, 2.05) is 31.2 Å². The lowest BCUT2D eigenvalue weighted by Gasteiger charge is -2.06. The van der Waals surface area contributed by atoms with Crippen LogP contribution in [0.3, 0.4) is 0 Å². The minimum absolute atomic E-state index is 0.161. The lowest BCUT2D eigenvalue weighted by molar-refractivity contribution is 0.235. The Labute approximate surface area is 101 Å². The fourth-order valence-electron chi connectivity index (χ4n) is 1.87. The van der Waals surface area contributed by atoms with Crippen molar-refractivity contribution in [2.45, 2.75) is 33.3 Å². The Morgan fingerprint density at radius 3 is 2.59 bits per heavy atom. The van der Waals surface area contributed by atoms with Crippen molar-refractivity contribution in [1.29, 1.82) is 0 Å². The lowest BCUT2D eigenvalue weighted by atomic mass is 10.0. The van der Waals surface area contributed by atoms with Crippen LogP contribution in [0, 0.1) is 6.92 Å². The van der Waals surface area contributed by atoms with Crippen LogP contribution in [-0.2, 0) is 6.61 Å². The van der Waals surface area contributed by atoms with Crippen molar-refractivity contribution in [3.8, 4) is 11.3 Å². The highest BCUT2D eigenvalue weighted by Crippen LogP contribution is 2.31. The first-order valence-corrected chi connectivity index (χ1v) is 5.80. The number of aliphatic hydroxyl groups is 1. The highest BCUT2D eigenvalue weighted by molar-refractivity contribution is 5.65. The molecule has 90 valence electrons. The Balaban J connectivity index is 2.58. The van der Waals surface area contributed by atoms with Crippen molar-refractivity contribution in [1.82, 2.24) is 4.98 Å². The van der Waals surface area contributed by atoms with Crippen LogP contribution in [0.1, 0.15) is 37.0 Å². The topological polar surface area (TPSA) is 46.3 Å². The Morgan fingerprint density at radius 1 is 1.29 bits per heavy atom. The molecule has 3 heteroatoms. The smallest absolute Gasteiger partial charge is 0.220 e. The maximum Gasteiger partial charge on any atom is 0.220 e. The molecule has 0 fully saturated rings. The molecule has 0 aliphatic carbocycles. The Hall–Kier alpha value is -1.61. The van der Waals surface area contributed by atoms with Crippen LogP contribution in [0.5, 0.6) is 0 Å². The molecule has 0 radical (unpaired) electrons. The molecule has 1 N–H and O–H groups in total. The van der Waals surface area contributed by atoms with Crippen molar-refractivity contribution in [2.75, 3.05) is 0 Å². The SMILES string of the molecule is Cc1ccccc1-c1nc(CO)oc1C(C)C.